The molecule has 1 nitrogen and oxygen atoms in total. The van der Waals surface area contributed by atoms with Crippen molar-refractivity contribution in [2.45, 2.75) is 27.7 Å². The summed E-state index contributed by atoms with van der Waals surface area (Å²) < 4.78 is 0. The smallest absolute Gasteiger partial charge is 0.00533 e. The summed E-state index contributed by atoms with van der Waals surface area (Å²) in [7, 11) is 4.11. The molecule has 0 saturated heterocycles. The molecule has 11 heavy (non-hydrogen) atoms. The van der Waals surface area contributed by atoms with E-state index in [4.69, 9.17) is 0 Å². The van der Waals surface area contributed by atoms with E-state index in [9.17, 15) is 0 Å². The second kappa shape index (κ2) is 22.4. The summed E-state index contributed by atoms with van der Waals surface area (Å²) in [5, 5.41) is 0. The van der Waals surface area contributed by atoms with Crippen molar-refractivity contribution >= 4 is 11.8 Å². The van der Waals surface area contributed by atoms with Crippen LogP contribution in [0.15, 0.2) is 0 Å². The lowest BCUT2D eigenvalue weighted by Crippen LogP contribution is -2.08. The summed E-state index contributed by atoms with van der Waals surface area (Å²) in [6, 6.07) is 0. The molecule has 0 radical (unpaired) electrons. The van der Waals surface area contributed by atoms with E-state index in [0.29, 0.717) is 0 Å². The molecule has 0 heterocycles. The molecule has 0 spiro atoms. The van der Waals surface area contributed by atoms with Crippen molar-refractivity contribution in [1.82, 2.24) is 4.90 Å². The molecule has 72 valence electrons. The Morgan fingerprint density at radius 2 is 1.27 bits per heavy atom. The van der Waals surface area contributed by atoms with E-state index in [1.54, 1.807) is 0 Å². The first-order valence-electron chi connectivity index (χ1n) is 4.32. The molecular formula is C9H25NS. The van der Waals surface area contributed by atoms with Gasteiger partial charge in [-0.15, -0.1) is 0 Å². The van der Waals surface area contributed by atoms with Crippen LogP contribution in [0.2, 0.25) is 0 Å². The van der Waals surface area contributed by atoms with Gasteiger partial charge in [-0.3, -0.25) is 0 Å². The summed E-state index contributed by atoms with van der Waals surface area (Å²) in [6.07, 6.45) is 2.10. The van der Waals surface area contributed by atoms with E-state index >= 15 is 0 Å². The van der Waals surface area contributed by atoms with Crippen LogP contribution in [0.4, 0.5) is 0 Å². The monoisotopic (exact) mass is 179 g/mol. The van der Waals surface area contributed by atoms with Gasteiger partial charge in [-0.2, -0.15) is 11.8 Å². The molecule has 0 aliphatic carbocycles. The number of rotatable bonds is 2. The molecule has 0 aliphatic rings. The molecule has 0 bridgehead atoms. The van der Waals surface area contributed by atoms with E-state index in [1.165, 1.54) is 5.75 Å². The van der Waals surface area contributed by atoms with Crippen molar-refractivity contribution in [2.75, 3.05) is 32.6 Å². The van der Waals surface area contributed by atoms with Gasteiger partial charge in [0.2, 0.25) is 0 Å². The van der Waals surface area contributed by atoms with Gasteiger partial charge in [0.1, 0.15) is 0 Å². The lowest BCUT2D eigenvalue weighted by Gasteiger charge is -2.00. The van der Waals surface area contributed by atoms with Crippen LogP contribution in [0.5, 0.6) is 0 Å². The van der Waals surface area contributed by atoms with E-state index in [2.05, 4.69) is 39.1 Å². The zero-order chi connectivity index (χ0) is 9.70. The maximum Gasteiger partial charge on any atom is -0.00533 e. The molecule has 0 aromatic heterocycles. The highest BCUT2D eigenvalue weighted by atomic mass is 32.2. The van der Waals surface area contributed by atoms with Gasteiger partial charge in [0.15, 0.2) is 0 Å². The Balaban J connectivity index is -0.0000000965. The van der Waals surface area contributed by atoms with Crippen LogP contribution >= 0.6 is 11.8 Å². The van der Waals surface area contributed by atoms with Crippen molar-refractivity contribution in [2.24, 2.45) is 0 Å². The first-order valence-corrected chi connectivity index (χ1v) is 5.72. The normalized spacial score (nSPS) is 7.64. The average Bonchev–Trinajstić information content (AvgIpc) is 2.08. The van der Waals surface area contributed by atoms with Gasteiger partial charge in [-0.1, -0.05) is 27.7 Å². The van der Waals surface area contributed by atoms with Crippen molar-refractivity contribution in [3.63, 3.8) is 0 Å². The van der Waals surface area contributed by atoms with Crippen LogP contribution in [0.1, 0.15) is 27.7 Å². The standard InChI is InChI=1S/C4H11N.C3H8S.C2H6/c1-4-5(2)3;1-3-4-2;1-2/h4H2,1-3H3;3H2,1-2H3;1-2H3. The number of hydrogen-bond donors (Lipinski definition) is 0. The summed E-state index contributed by atoms with van der Waals surface area (Å²) in [5.41, 5.74) is 0. The van der Waals surface area contributed by atoms with Gasteiger partial charge in [0.25, 0.3) is 0 Å². The summed E-state index contributed by atoms with van der Waals surface area (Å²) in [5.74, 6) is 1.24. The number of nitrogens with zero attached hydrogens (tertiary/aromatic N) is 1. The molecule has 0 unspecified atom stereocenters. The second-order valence-electron chi connectivity index (χ2n) is 1.97. The Morgan fingerprint density at radius 1 is 1.09 bits per heavy atom. The Labute approximate surface area is 77.6 Å². The third-order valence-electron chi connectivity index (χ3n) is 0.921. The summed E-state index contributed by atoms with van der Waals surface area (Å²) >= 11 is 1.86. The highest BCUT2D eigenvalue weighted by molar-refractivity contribution is 7.98. The van der Waals surface area contributed by atoms with Gasteiger partial charge in [0, 0.05) is 0 Å². The van der Waals surface area contributed by atoms with Crippen molar-refractivity contribution in [3.8, 4) is 0 Å². The molecule has 0 saturated carbocycles. The Morgan fingerprint density at radius 3 is 1.27 bits per heavy atom. The topological polar surface area (TPSA) is 3.24 Å². The third-order valence-corrected chi connectivity index (χ3v) is 1.50. The summed E-state index contributed by atoms with van der Waals surface area (Å²) in [6.45, 7) is 9.41. The molecule has 0 atom stereocenters. The predicted molar refractivity (Wildman–Crippen MR) is 59.6 cm³/mol. The van der Waals surface area contributed by atoms with Crippen LogP contribution < -0.4 is 0 Å². The maximum absolute atomic E-state index is 2.14. The molecule has 0 aliphatic heterocycles. The highest BCUT2D eigenvalue weighted by Gasteiger charge is 1.72. The second-order valence-corrected chi connectivity index (χ2v) is 3.13. The first-order chi connectivity index (χ1) is 5.18. The Hall–Kier alpha value is 0.310. The molecule has 2 heteroatoms. The van der Waals surface area contributed by atoms with Gasteiger partial charge >= 0.3 is 0 Å². The van der Waals surface area contributed by atoms with Crippen LogP contribution in [-0.2, 0) is 0 Å². The molecule has 0 rings (SSSR count). The minimum Gasteiger partial charge on any atom is -0.310 e. The fourth-order valence-electron chi connectivity index (χ4n) is 0. The van der Waals surface area contributed by atoms with Gasteiger partial charge in [-0.05, 0) is 32.6 Å². The van der Waals surface area contributed by atoms with Crippen molar-refractivity contribution in [3.05, 3.63) is 0 Å². The molecule has 0 N–H and O–H groups in total. The SMILES string of the molecule is CC.CCN(C)C.CCSC. The zero-order valence-electron chi connectivity index (χ0n) is 9.27. The highest BCUT2D eigenvalue weighted by Crippen LogP contribution is 1.83. The van der Waals surface area contributed by atoms with E-state index in [0.717, 1.165) is 6.54 Å². The van der Waals surface area contributed by atoms with Crippen LogP contribution in [0.25, 0.3) is 0 Å². The summed E-state index contributed by atoms with van der Waals surface area (Å²) in [4.78, 5) is 2.12. The van der Waals surface area contributed by atoms with Crippen LogP contribution in [-0.4, -0.2) is 37.5 Å². The lowest BCUT2D eigenvalue weighted by atomic mass is 10.7. The zero-order valence-corrected chi connectivity index (χ0v) is 10.1. The lowest BCUT2D eigenvalue weighted by molar-refractivity contribution is 0.434. The minimum absolute atomic E-state index is 1.14. The molecule has 0 aromatic rings. The molecule has 0 amide bonds. The number of hydrogen-bond acceptors (Lipinski definition) is 2. The quantitative estimate of drug-likeness (QED) is 0.641. The van der Waals surface area contributed by atoms with Crippen LogP contribution in [0, 0.1) is 0 Å². The van der Waals surface area contributed by atoms with Crippen LogP contribution in [0.3, 0.4) is 0 Å². The predicted octanol–water partition coefficient (Wildman–Crippen LogP) is 2.96. The molecule has 0 fully saturated rings. The maximum atomic E-state index is 2.14. The largest absolute Gasteiger partial charge is 0.310 e. The van der Waals surface area contributed by atoms with E-state index in [1.807, 2.05) is 25.6 Å². The van der Waals surface area contributed by atoms with E-state index in [-0.39, 0.29) is 0 Å². The van der Waals surface area contributed by atoms with Crippen molar-refractivity contribution in [1.29, 1.82) is 0 Å². The van der Waals surface area contributed by atoms with E-state index < -0.39 is 0 Å². The van der Waals surface area contributed by atoms with Crippen molar-refractivity contribution < 1.29 is 0 Å². The van der Waals surface area contributed by atoms with Gasteiger partial charge in [0.05, 0.1) is 0 Å². The van der Waals surface area contributed by atoms with Gasteiger partial charge in [-0.25, -0.2) is 0 Å². The average molecular weight is 179 g/mol. The fourth-order valence-corrected chi connectivity index (χ4v) is 0. The fraction of sp³-hybridized carbons (Fsp3) is 1.00. The third kappa shape index (κ3) is 65.0. The molecule has 0 aromatic carbocycles. The molecular weight excluding hydrogens is 154 g/mol. The number of thioether (sulfide) groups is 1. The Kier molecular flexibility index (Phi) is 35.5. The Bertz CT molecular complexity index is 36.5. The first kappa shape index (κ1) is 17.4. The minimum atomic E-state index is 1.14. The van der Waals surface area contributed by atoms with Gasteiger partial charge < -0.3 is 4.90 Å².